The summed E-state index contributed by atoms with van der Waals surface area (Å²) in [4.78, 5) is 58.7. The second-order valence-corrected chi connectivity index (χ2v) is 13.0. The van der Waals surface area contributed by atoms with E-state index in [1.54, 1.807) is 13.1 Å². The molecule has 1 aromatic carbocycles. The number of quaternary nitrogens is 1. The first-order valence-corrected chi connectivity index (χ1v) is 15.4. The minimum absolute atomic E-state index is 0.0276. The van der Waals surface area contributed by atoms with Crippen LogP contribution < -0.4 is 9.47 Å². The molecule has 0 saturated carbocycles. The van der Waals surface area contributed by atoms with E-state index in [1.165, 1.54) is 9.80 Å². The molecular formula is C31H48N5O7+. The van der Waals surface area contributed by atoms with Crippen molar-refractivity contribution in [3.8, 4) is 11.5 Å². The fourth-order valence-electron chi connectivity index (χ4n) is 6.34. The van der Waals surface area contributed by atoms with Crippen molar-refractivity contribution in [2.75, 3.05) is 80.8 Å². The van der Waals surface area contributed by atoms with Crippen LogP contribution in [0.5, 0.6) is 11.5 Å². The summed E-state index contributed by atoms with van der Waals surface area (Å²) in [7, 11) is 8.04. The van der Waals surface area contributed by atoms with Gasteiger partial charge in [0.1, 0.15) is 0 Å². The number of hydrogen-bond donors (Lipinski definition) is 1. The van der Waals surface area contributed by atoms with Gasteiger partial charge in [0.25, 0.3) is 0 Å². The van der Waals surface area contributed by atoms with E-state index in [0.29, 0.717) is 37.7 Å². The molecule has 0 spiro atoms. The van der Waals surface area contributed by atoms with Crippen LogP contribution in [-0.4, -0.2) is 140 Å². The standard InChI is InChI=1S/C31H47N5O7/c1-6-7-13-33(14-8-17-36(3,4)5)28(38)20-34-19-23(22-9-10-25-26(18-22)43-21-42-25)29(30(39)40)24(34)11-16-35-27(37)12-15-32(2)31(35)41/h9-10,18,23-24,29H,6-8,11-17,19-21H2,1-5H3/p+1/t23-,24+,29?/m1/s1. The van der Waals surface area contributed by atoms with Gasteiger partial charge in [0.15, 0.2) is 11.5 Å². The zero-order valence-corrected chi connectivity index (χ0v) is 26.3. The van der Waals surface area contributed by atoms with E-state index >= 15 is 0 Å². The van der Waals surface area contributed by atoms with Gasteiger partial charge in [-0.2, -0.15) is 0 Å². The van der Waals surface area contributed by atoms with Crippen LogP contribution in [-0.2, 0) is 14.4 Å². The molecule has 0 aromatic heterocycles. The lowest BCUT2D eigenvalue weighted by atomic mass is 9.84. The number of hydrogen-bond acceptors (Lipinski definition) is 7. The summed E-state index contributed by atoms with van der Waals surface area (Å²) in [5.74, 6) is -1.33. The molecule has 238 valence electrons. The van der Waals surface area contributed by atoms with Crippen LogP contribution >= 0.6 is 0 Å². The molecule has 2 saturated heterocycles. The zero-order chi connectivity index (χ0) is 31.3. The maximum atomic E-state index is 13.8. The number of carbonyl (C=O) groups excluding carboxylic acids is 3. The Kier molecular flexibility index (Phi) is 10.5. The lowest BCUT2D eigenvalue weighted by Gasteiger charge is -2.34. The van der Waals surface area contributed by atoms with Gasteiger partial charge in [-0.1, -0.05) is 19.4 Å². The molecule has 3 heterocycles. The molecule has 12 heteroatoms. The fraction of sp³-hybridized carbons (Fsp3) is 0.677. The summed E-state index contributed by atoms with van der Waals surface area (Å²) < 4.78 is 11.8. The number of benzene rings is 1. The van der Waals surface area contributed by atoms with Gasteiger partial charge in [-0.05, 0) is 30.5 Å². The summed E-state index contributed by atoms with van der Waals surface area (Å²) in [5, 5.41) is 10.5. The second kappa shape index (κ2) is 13.9. The Bertz CT molecular complexity index is 1190. The van der Waals surface area contributed by atoms with Gasteiger partial charge in [-0.25, -0.2) is 4.79 Å². The van der Waals surface area contributed by atoms with Crippen molar-refractivity contribution in [2.24, 2.45) is 5.92 Å². The highest BCUT2D eigenvalue weighted by Gasteiger charge is 2.48. The number of carboxylic acid groups (broad SMARTS) is 1. The molecule has 4 amide bonds. The zero-order valence-electron chi connectivity index (χ0n) is 26.3. The maximum Gasteiger partial charge on any atom is 0.326 e. The van der Waals surface area contributed by atoms with Crippen LogP contribution in [0.4, 0.5) is 4.79 Å². The number of carbonyl (C=O) groups is 4. The predicted molar refractivity (Wildman–Crippen MR) is 160 cm³/mol. The van der Waals surface area contributed by atoms with Crippen molar-refractivity contribution in [2.45, 2.75) is 51.0 Å². The van der Waals surface area contributed by atoms with Gasteiger partial charge in [-0.15, -0.1) is 0 Å². The van der Waals surface area contributed by atoms with Crippen molar-refractivity contribution in [1.82, 2.24) is 19.6 Å². The smallest absolute Gasteiger partial charge is 0.326 e. The minimum atomic E-state index is -0.971. The van der Waals surface area contributed by atoms with Gasteiger partial charge in [0.05, 0.1) is 40.2 Å². The van der Waals surface area contributed by atoms with Crippen LogP contribution in [0.1, 0.15) is 50.5 Å². The van der Waals surface area contributed by atoms with E-state index in [1.807, 2.05) is 21.9 Å². The summed E-state index contributed by atoms with van der Waals surface area (Å²) in [6.07, 6.45) is 3.21. The molecule has 3 aliphatic heterocycles. The van der Waals surface area contributed by atoms with Crippen LogP contribution in [0.15, 0.2) is 18.2 Å². The van der Waals surface area contributed by atoms with Crippen molar-refractivity contribution in [3.05, 3.63) is 23.8 Å². The molecule has 1 aromatic rings. The predicted octanol–water partition coefficient (Wildman–Crippen LogP) is 2.28. The number of unbranched alkanes of at least 4 members (excludes halogenated alkanes) is 1. The van der Waals surface area contributed by atoms with Crippen LogP contribution in [0.25, 0.3) is 0 Å². The molecule has 12 nitrogen and oxygen atoms in total. The highest BCUT2D eigenvalue weighted by molar-refractivity contribution is 5.96. The number of urea groups is 1. The maximum absolute atomic E-state index is 13.8. The van der Waals surface area contributed by atoms with Crippen molar-refractivity contribution < 1.29 is 38.2 Å². The summed E-state index contributed by atoms with van der Waals surface area (Å²) in [5.41, 5.74) is 0.798. The quantitative estimate of drug-likeness (QED) is 0.322. The first-order valence-electron chi connectivity index (χ1n) is 15.4. The number of amides is 4. The fourth-order valence-corrected chi connectivity index (χ4v) is 6.34. The van der Waals surface area contributed by atoms with E-state index in [2.05, 4.69) is 28.1 Å². The van der Waals surface area contributed by atoms with Crippen molar-refractivity contribution in [1.29, 1.82) is 0 Å². The van der Waals surface area contributed by atoms with Crippen LogP contribution in [0.2, 0.25) is 0 Å². The molecule has 0 aliphatic carbocycles. The summed E-state index contributed by atoms with van der Waals surface area (Å²) in [6, 6.07) is 4.56. The molecule has 1 N–H and O–H groups in total. The first-order chi connectivity index (χ1) is 20.4. The van der Waals surface area contributed by atoms with Crippen molar-refractivity contribution in [3.63, 3.8) is 0 Å². The van der Waals surface area contributed by atoms with Crippen LogP contribution in [0, 0.1) is 5.92 Å². The molecule has 0 bridgehead atoms. The van der Waals surface area contributed by atoms with Gasteiger partial charge >= 0.3 is 12.0 Å². The summed E-state index contributed by atoms with van der Waals surface area (Å²) in [6.45, 7) is 5.33. The van der Waals surface area contributed by atoms with E-state index < -0.39 is 23.8 Å². The number of imide groups is 1. The second-order valence-electron chi connectivity index (χ2n) is 13.0. The number of ether oxygens (including phenoxy) is 2. The minimum Gasteiger partial charge on any atom is -0.481 e. The Morgan fingerprint density at radius 1 is 1.09 bits per heavy atom. The average Bonchev–Trinajstić information content (AvgIpc) is 3.56. The lowest BCUT2D eigenvalue weighted by Crippen LogP contribution is -2.52. The first kappa shape index (κ1) is 32.5. The Balaban J connectivity index is 1.58. The molecule has 43 heavy (non-hydrogen) atoms. The number of rotatable bonds is 14. The topological polar surface area (TPSA) is 120 Å². The number of fused-ring (bicyclic) bond motifs is 1. The third-order valence-corrected chi connectivity index (χ3v) is 8.76. The molecule has 0 radical (unpaired) electrons. The molecule has 4 rings (SSSR count). The SMILES string of the molecule is CCCCN(CCC[N+](C)(C)C)C(=O)CN1C[C@H](c2ccc3c(c2)OCO3)C(C(=O)O)[C@@H]1CCN1C(=O)CCN(C)C1=O. The molecular weight excluding hydrogens is 554 g/mol. The Labute approximate surface area is 254 Å². The molecule has 1 unspecified atom stereocenters. The largest absolute Gasteiger partial charge is 0.481 e. The highest BCUT2D eigenvalue weighted by atomic mass is 16.7. The average molecular weight is 603 g/mol. The Morgan fingerprint density at radius 3 is 2.51 bits per heavy atom. The Morgan fingerprint density at radius 2 is 1.81 bits per heavy atom. The van der Waals surface area contributed by atoms with E-state index in [4.69, 9.17) is 9.47 Å². The number of aliphatic carboxylic acids is 1. The molecule has 2 fully saturated rings. The van der Waals surface area contributed by atoms with Gasteiger partial charge in [-0.3, -0.25) is 24.2 Å². The van der Waals surface area contributed by atoms with Crippen LogP contribution in [0.3, 0.4) is 0 Å². The third kappa shape index (κ3) is 7.97. The summed E-state index contributed by atoms with van der Waals surface area (Å²) >= 11 is 0. The molecule has 3 aliphatic rings. The number of nitrogens with zero attached hydrogens (tertiary/aromatic N) is 5. The monoisotopic (exact) mass is 602 g/mol. The third-order valence-electron chi connectivity index (χ3n) is 8.76. The van der Waals surface area contributed by atoms with E-state index in [9.17, 15) is 24.3 Å². The number of carboxylic acids is 1. The normalized spacial score (nSPS) is 22.4. The van der Waals surface area contributed by atoms with Gasteiger partial charge in [0.2, 0.25) is 18.6 Å². The Hall–Kier alpha value is -3.38. The van der Waals surface area contributed by atoms with Gasteiger partial charge in [0, 0.05) is 64.6 Å². The van der Waals surface area contributed by atoms with E-state index in [0.717, 1.165) is 35.9 Å². The van der Waals surface area contributed by atoms with Crippen molar-refractivity contribution >= 4 is 23.8 Å². The highest BCUT2D eigenvalue weighted by Crippen LogP contribution is 2.42. The van der Waals surface area contributed by atoms with Gasteiger partial charge < -0.3 is 28.9 Å². The van der Waals surface area contributed by atoms with E-state index in [-0.39, 0.29) is 50.6 Å². The molecule has 3 atom stereocenters. The number of likely N-dealkylation sites (tertiary alicyclic amines) is 1. The lowest BCUT2D eigenvalue weighted by molar-refractivity contribution is -0.870.